The number of carbonyl (C=O) groups is 1. The van der Waals surface area contributed by atoms with Crippen molar-refractivity contribution in [1.29, 1.82) is 0 Å². The highest BCUT2D eigenvalue weighted by molar-refractivity contribution is 7.91. The van der Waals surface area contributed by atoms with Gasteiger partial charge >= 0.3 is 0 Å². The molecular formula is C15H14ClNO3S. The summed E-state index contributed by atoms with van der Waals surface area (Å²) in [7, 11) is -3.60. The van der Waals surface area contributed by atoms with Crippen LogP contribution in [-0.2, 0) is 15.8 Å². The maximum atomic E-state index is 12.1. The fourth-order valence-corrected chi connectivity index (χ4v) is 3.34. The summed E-state index contributed by atoms with van der Waals surface area (Å²) in [6.07, 6.45) is 0. The maximum absolute atomic E-state index is 12.1. The van der Waals surface area contributed by atoms with Crippen molar-refractivity contribution in [2.75, 3.05) is 4.72 Å². The number of anilines is 1. The minimum absolute atomic E-state index is 0.123. The smallest absolute Gasteiger partial charge is 0.236 e. The van der Waals surface area contributed by atoms with E-state index in [1.807, 2.05) is 0 Å². The van der Waals surface area contributed by atoms with E-state index in [0.717, 1.165) is 0 Å². The van der Waals surface area contributed by atoms with Crippen molar-refractivity contribution in [3.05, 3.63) is 64.7 Å². The molecular weight excluding hydrogens is 310 g/mol. The summed E-state index contributed by atoms with van der Waals surface area (Å²) in [6.45, 7) is 1.43. The molecule has 4 nitrogen and oxygen atoms in total. The predicted molar refractivity (Wildman–Crippen MR) is 84.1 cm³/mol. The fourth-order valence-electron chi connectivity index (χ4n) is 1.84. The Balaban J connectivity index is 2.20. The van der Waals surface area contributed by atoms with E-state index in [0.29, 0.717) is 21.8 Å². The second kappa shape index (κ2) is 6.28. The van der Waals surface area contributed by atoms with Gasteiger partial charge in [-0.15, -0.1) is 0 Å². The van der Waals surface area contributed by atoms with E-state index >= 15 is 0 Å². The zero-order valence-electron chi connectivity index (χ0n) is 11.3. The lowest BCUT2D eigenvalue weighted by Gasteiger charge is -2.09. The third-order valence-electron chi connectivity index (χ3n) is 2.85. The van der Waals surface area contributed by atoms with E-state index in [4.69, 9.17) is 11.6 Å². The molecule has 0 heterocycles. The number of sulfonamides is 1. The van der Waals surface area contributed by atoms with Crippen LogP contribution in [0.5, 0.6) is 0 Å². The summed E-state index contributed by atoms with van der Waals surface area (Å²) < 4.78 is 26.7. The van der Waals surface area contributed by atoms with E-state index < -0.39 is 10.0 Å². The van der Waals surface area contributed by atoms with Gasteiger partial charge in [-0.05, 0) is 30.7 Å². The van der Waals surface area contributed by atoms with E-state index in [9.17, 15) is 13.2 Å². The minimum atomic E-state index is -3.60. The number of nitrogens with one attached hydrogen (secondary N) is 1. The van der Waals surface area contributed by atoms with Gasteiger partial charge in [0.05, 0.1) is 5.75 Å². The summed E-state index contributed by atoms with van der Waals surface area (Å²) in [5.41, 5.74) is 1.33. The van der Waals surface area contributed by atoms with E-state index in [2.05, 4.69) is 4.72 Å². The lowest BCUT2D eigenvalue weighted by atomic mass is 10.1. The summed E-state index contributed by atoms with van der Waals surface area (Å²) >= 11 is 5.96. The molecule has 2 aromatic rings. The van der Waals surface area contributed by atoms with Crippen molar-refractivity contribution in [1.82, 2.24) is 0 Å². The van der Waals surface area contributed by atoms with E-state index in [1.165, 1.54) is 13.0 Å². The summed E-state index contributed by atoms with van der Waals surface area (Å²) in [4.78, 5) is 11.3. The van der Waals surface area contributed by atoms with Gasteiger partial charge in [0.15, 0.2) is 5.78 Å². The highest BCUT2D eigenvalue weighted by Crippen LogP contribution is 2.20. The molecule has 0 aliphatic heterocycles. The number of Topliss-reactive ketones (excluding diaryl/α,β-unsaturated/α-hetero) is 1. The zero-order chi connectivity index (χ0) is 15.5. The second-order valence-electron chi connectivity index (χ2n) is 4.59. The van der Waals surface area contributed by atoms with Gasteiger partial charge in [-0.2, -0.15) is 0 Å². The molecule has 1 N–H and O–H groups in total. The molecule has 0 unspecified atom stereocenters. The Kier molecular flexibility index (Phi) is 4.65. The third kappa shape index (κ3) is 4.31. The third-order valence-corrected chi connectivity index (χ3v) is 4.45. The van der Waals surface area contributed by atoms with Crippen LogP contribution in [0.4, 0.5) is 5.69 Å². The number of benzene rings is 2. The van der Waals surface area contributed by atoms with Gasteiger partial charge in [-0.3, -0.25) is 9.52 Å². The molecule has 0 aliphatic carbocycles. The first-order chi connectivity index (χ1) is 9.87. The minimum Gasteiger partial charge on any atom is -0.295 e. The molecule has 0 spiro atoms. The van der Waals surface area contributed by atoms with Gasteiger partial charge in [0.2, 0.25) is 10.0 Å². The number of hydrogen-bond acceptors (Lipinski definition) is 3. The first-order valence-corrected chi connectivity index (χ1v) is 8.25. The van der Waals surface area contributed by atoms with Crippen LogP contribution < -0.4 is 4.72 Å². The number of carbonyl (C=O) groups excluding carboxylic acids is 1. The highest BCUT2D eigenvalue weighted by atomic mass is 35.5. The Labute approximate surface area is 128 Å². The Bertz CT molecular complexity index is 772. The van der Waals surface area contributed by atoms with Crippen LogP contribution in [0.15, 0.2) is 48.5 Å². The standard InChI is InChI=1S/C15H14ClNO3S/c1-11(18)12-6-4-7-14(9-12)17-21(19,20)10-13-5-2-3-8-15(13)16/h2-9,17H,10H2,1H3. The quantitative estimate of drug-likeness (QED) is 0.857. The van der Waals surface area contributed by atoms with Crippen molar-refractivity contribution in [3.63, 3.8) is 0 Å². The van der Waals surface area contributed by atoms with Gasteiger partial charge in [-0.25, -0.2) is 8.42 Å². The number of ketones is 1. The van der Waals surface area contributed by atoms with Gasteiger partial charge in [0.25, 0.3) is 0 Å². The van der Waals surface area contributed by atoms with Crippen LogP contribution in [0.3, 0.4) is 0 Å². The van der Waals surface area contributed by atoms with Crippen LogP contribution in [0.1, 0.15) is 22.8 Å². The molecule has 0 saturated heterocycles. The van der Waals surface area contributed by atoms with Gasteiger partial charge in [-0.1, -0.05) is 41.9 Å². The normalized spacial score (nSPS) is 11.1. The van der Waals surface area contributed by atoms with Gasteiger partial charge in [0.1, 0.15) is 0 Å². The van der Waals surface area contributed by atoms with Crippen molar-refractivity contribution in [2.24, 2.45) is 0 Å². The average Bonchev–Trinajstić information content (AvgIpc) is 2.41. The SMILES string of the molecule is CC(=O)c1cccc(NS(=O)(=O)Cc2ccccc2Cl)c1. The molecule has 0 bridgehead atoms. The lowest BCUT2D eigenvalue weighted by Crippen LogP contribution is -2.15. The highest BCUT2D eigenvalue weighted by Gasteiger charge is 2.14. The molecule has 0 aromatic heterocycles. The fraction of sp³-hybridized carbons (Fsp3) is 0.133. The predicted octanol–water partition coefficient (Wildman–Crippen LogP) is 3.48. The molecule has 0 radical (unpaired) electrons. The zero-order valence-corrected chi connectivity index (χ0v) is 12.9. The van der Waals surface area contributed by atoms with Crippen LogP contribution >= 0.6 is 11.6 Å². The van der Waals surface area contributed by atoms with Crippen molar-refractivity contribution < 1.29 is 13.2 Å². The van der Waals surface area contributed by atoms with Crippen LogP contribution in [0.25, 0.3) is 0 Å². The number of halogens is 1. The van der Waals surface area contributed by atoms with Crippen LogP contribution in [0, 0.1) is 0 Å². The molecule has 2 rings (SSSR count). The second-order valence-corrected chi connectivity index (χ2v) is 6.72. The van der Waals surface area contributed by atoms with E-state index in [1.54, 1.807) is 42.5 Å². The average molecular weight is 324 g/mol. The van der Waals surface area contributed by atoms with Crippen molar-refractivity contribution in [3.8, 4) is 0 Å². The first-order valence-electron chi connectivity index (χ1n) is 6.22. The Hall–Kier alpha value is -1.85. The van der Waals surface area contributed by atoms with Crippen molar-refractivity contribution >= 4 is 33.1 Å². The summed E-state index contributed by atoms with van der Waals surface area (Å²) in [5.74, 6) is -0.348. The molecule has 0 aliphatic rings. The molecule has 0 atom stereocenters. The van der Waals surface area contributed by atoms with Gasteiger partial charge < -0.3 is 0 Å². The summed E-state index contributed by atoms with van der Waals surface area (Å²) in [6, 6.07) is 13.1. The van der Waals surface area contributed by atoms with E-state index in [-0.39, 0.29) is 11.5 Å². The molecule has 0 saturated carbocycles. The first kappa shape index (κ1) is 15.5. The van der Waals surface area contributed by atoms with Crippen LogP contribution in [0.2, 0.25) is 5.02 Å². The Morgan fingerprint density at radius 2 is 1.86 bits per heavy atom. The largest absolute Gasteiger partial charge is 0.295 e. The number of rotatable bonds is 5. The molecule has 110 valence electrons. The molecule has 2 aromatic carbocycles. The molecule has 21 heavy (non-hydrogen) atoms. The molecule has 6 heteroatoms. The van der Waals surface area contributed by atoms with Gasteiger partial charge in [0, 0.05) is 16.3 Å². The Morgan fingerprint density at radius 1 is 1.14 bits per heavy atom. The van der Waals surface area contributed by atoms with Crippen LogP contribution in [-0.4, -0.2) is 14.2 Å². The Morgan fingerprint density at radius 3 is 2.52 bits per heavy atom. The maximum Gasteiger partial charge on any atom is 0.236 e. The summed E-state index contributed by atoms with van der Waals surface area (Å²) in [5, 5.41) is 0.403. The monoisotopic (exact) mass is 323 g/mol. The topological polar surface area (TPSA) is 63.2 Å². The lowest BCUT2D eigenvalue weighted by molar-refractivity contribution is 0.101. The van der Waals surface area contributed by atoms with Crippen molar-refractivity contribution in [2.45, 2.75) is 12.7 Å². The molecule has 0 fully saturated rings. The number of hydrogen-bond donors (Lipinski definition) is 1. The molecule has 0 amide bonds.